The maximum atomic E-state index is 11.4. The van der Waals surface area contributed by atoms with E-state index >= 15 is 0 Å². The smallest absolute Gasteiger partial charge is 0.305 e. The molecule has 0 unspecified atom stereocenters. The van der Waals surface area contributed by atoms with E-state index in [2.05, 4.69) is 0 Å². The van der Waals surface area contributed by atoms with Crippen LogP contribution in [0.15, 0.2) is 30.3 Å². The number of nitrogens with two attached hydrogens (primary N) is 1. The van der Waals surface area contributed by atoms with Crippen molar-refractivity contribution in [2.24, 2.45) is 5.73 Å². The zero-order chi connectivity index (χ0) is 17.0. The fourth-order valence-electron chi connectivity index (χ4n) is 2.29. The molecule has 126 valence electrons. The van der Waals surface area contributed by atoms with Crippen molar-refractivity contribution in [2.75, 3.05) is 0 Å². The van der Waals surface area contributed by atoms with Gasteiger partial charge in [-0.05, 0) is 5.56 Å². The molecule has 1 aliphatic heterocycles. The normalized spacial score (nSPS) is 30.7. The Balaban J connectivity index is 2.12. The third-order valence-corrected chi connectivity index (χ3v) is 3.39. The fraction of sp³-hybridized carbons (Fsp3) is 0.467. The standard InChI is InChI=1S/C15H19NO7/c1-8(17)22-15-11(19)12(10(18)13(23-15)14(16)20)21-7-9-5-3-2-4-6-9/h2-6,10-13,15,18-19H,7H2,1H3,(H2,16,20)/t10-,11+,12-,13+,15-/m0/s1. The summed E-state index contributed by atoms with van der Waals surface area (Å²) < 4.78 is 15.4. The lowest BCUT2D eigenvalue weighted by Crippen LogP contribution is -2.62. The van der Waals surface area contributed by atoms with Gasteiger partial charge in [-0.15, -0.1) is 0 Å². The second-order valence-corrected chi connectivity index (χ2v) is 5.18. The first-order valence-corrected chi connectivity index (χ1v) is 7.04. The lowest BCUT2D eigenvalue weighted by Gasteiger charge is -2.40. The van der Waals surface area contributed by atoms with Crippen LogP contribution >= 0.6 is 0 Å². The maximum absolute atomic E-state index is 11.4. The van der Waals surface area contributed by atoms with Crippen LogP contribution in [0, 0.1) is 0 Å². The van der Waals surface area contributed by atoms with Gasteiger partial charge in [0.1, 0.15) is 18.3 Å². The number of amides is 1. The summed E-state index contributed by atoms with van der Waals surface area (Å²) in [7, 11) is 0. The van der Waals surface area contributed by atoms with Gasteiger partial charge in [-0.1, -0.05) is 30.3 Å². The summed E-state index contributed by atoms with van der Waals surface area (Å²) in [5, 5.41) is 20.3. The first kappa shape index (κ1) is 17.4. The zero-order valence-corrected chi connectivity index (χ0v) is 12.5. The highest BCUT2D eigenvalue weighted by molar-refractivity contribution is 5.79. The number of hydrogen-bond donors (Lipinski definition) is 3. The van der Waals surface area contributed by atoms with Crippen LogP contribution in [0.5, 0.6) is 0 Å². The topological polar surface area (TPSA) is 128 Å². The van der Waals surface area contributed by atoms with Crippen molar-refractivity contribution in [1.29, 1.82) is 0 Å². The average Bonchev–Trinajstić information content (AvgIpc) is 2.50. The second kappa shape index (κ2) is 7.51. The van der Waals surface area contributed by atoms with E-state index < -0.39 is 42.6 Å². The van der Waals surface area contributed by atoms with Crippen LogP contribution in [0.2, 0.25) is 0 Å². The minimum absolute atomic E-state index is 0.0813. The van der Waals surface area contributed by atoms with Gasteiger partial charge in [0.2, 0.25) is 12.2 Å². The quantitative estimate of drug-likeness (QED) is 0.596. The van der Waals surface area contributed by atoms with Crippen molar-refractivity contribution in [3.63, 3.8) is 0 Å². The Hall–Kier alpha value is -2.00. The first-order chi connectivity index (χ1) is 10.9. The molecule has 1 amide bonds. The predicted octanol–water partition coefficient (Wildman–Crippen LogP) is -0.933. The molecule has 8 nitrogen and oxygen atoms in total. The molecule has 1 aliphatic rings. The summed E-state index contributed by atoms with van der Waals surface area (Å²) in [5.41, 5.74) is 5.97. The molecule has 0 aliphatic carbocycles. The largest absolute Gasteiger partial charge is 0.433 e. The SMILES string of the molecule is CC(=O)O[C@H]1O[C@@H](C(N)=O)[C@@H](O)[C@H](OCc2ccccc2)[C@H]1O. The third-order valence-electron chi connectivity index (χ3n) is 3.39. The lowest BCUT2D eigenvalue weighted by molar-refractivity contribution is -0.290. The highest BCUT2D eigenvalue weighted by Gasteiger charge is 2.49. The van der Waals surface area contributed by atoms with Crippen LogP contribution < -0.4 is 5.73 Å². The van der Waals surface area contributed by atoms with Crippen molar-refractivity contribution in [2.45, 2.75) is 44.2 Å². The van der Waals surface area contributed by atoms with Gasteiger partial charge in [-0.2, -0.15) is 0 Å². The van der Waals surface area contributed by atoms with E-state index in [1.54, 1.807) is 12.1 Å². The van der Waals surface area contributed by atoms with Crippen LogP contribution in [0.4, 0.5) is 0 Å². The number of carbonyl (C=O) groups is 2. The van der Waals surface area contributed by atoms with Gasteiger partial charge in [-0.3, -0.25) is 9.59 Å². The molecule has 0 spiro atoms. The Morgan fingerprint density at radius 1 is 1.22 bits per heavy atom. The molecule has 1 aromatic carbocycles. The van der Waals surface area contributed by atoms with E-state index in [1.807, 2.05) is 18.2 Å². The maximum Gasteiger partial charge on any atom is 0.305 e. The Morgan fingerprint density at radius 3 is 2.43 bits per heavy atom. The highest BCUT2D eigenvalue weighted by Crippen LogP contribution is 2.25. The van der Waals surface area contributed by atoms with Crippen LogP contribution in [0.1, 0.15) is 12.5 Å². The molecule has 1 fully saturated rings. The minimum Gasteiger partial charge on any atom is -0.433 e. The fourth-order valence-corrected chi connectivity index (χ4v) is 2.29. The molecule has 1 heterocycles. The summed E-state index contributed by atoms with van der Waals surface area (Å²) in [6.45, 7) is 1.21. The van der Waals surface area contributed by atoms with E-state index in [9.17, 15) is 19.8 Å². The van der Waals surface area contributed by atoms with Gasteiger partial charge < -0.3 is 30.2 Å². The van der Waals surface area contributed by atoms with Gasteiger partial charge >= 0.3 is 5.97 Å². The van der Waals surface area contributed by atoms with E-state index in [-0.39, 0.29) is 6.61 Å². The first-order valence-electron chi connectivity index (χ1n) is 7.04. The molecule has 0 saturated carbocycles. The van der Waals surface area contributed by atoms with Crippen molar-refractivity contribution < 1.29 is 34.0 Å². The third kappa shape index (κ3) is 4.26. The molecule has 1 aromatic rings. The van der Waals surface area contributed by atoms with E-state index in [0.29, 0.717) is 0 Å². The Bertz CT molecular complexity index is 550. The minimum atomic E-state index is -1.49. The average molecular weight is 325 g/mol. The Labute approximate surface area is 132 Å². The number of aliphatic hydroxyl groups is 2. The van der Waals surface area contributed by atoms with Gasteiger partial charge in [0.25, 0.3) is 0 Å². The predicted molar refractivity (Wildman–Crippen MR) is 76.7 cm³/mol. The molecule has 0 aromatic heterocycles. The van der Waals surface area contributed by atoms with Gasteiger partial charge in [0, 0.05) is 6.92 Å². The molecule has 23 heavy (non-hydrogen) atoms. The second-order valence-electron chi connectivity index (χ2n) is 5.18. The van der Waals surface area contributed by atoms with Crippen molar-refractivity contribution in [3.05, 3.63) is 35.9 Å². The van der Waals surface area contributed by atoms with Crippen LogP contribution in [-0.4, -0.2) is 52.8 Å². The van der Waals surface area contributed by atoms with E-state index in [0.717, 1.165) is 12.5 Å². The summed E-state index contributed by atoms with van der Waals surface area (Å²) in [4.78, 5) is 22.5. The number of carbonyl (C=O) groups excluding carboxylic acids is 2. The summed E-state index contributed by atoms with van der Waals surface area (Å²) in [6, 6.07) is 9.05. The van der Waals surface area contributed by atoms with Crippen molar-refractivity contribution in [3.8, 4) is 0 Å². The monoisotopic (exact) mass is 325 g/mol. The number of ether oxygens (including phenoxy) is 3. The Kier molecular flexibility index (Phi) is 5.67. The van der Waals surface area contributed by atoms with Crippen molar-refractivity contribution in [1.82, 2.24) is 0 Å². The van der Waals surface area contributed by atoms with E-state index in [1.165, 1.54) is 0 Å². The van der Waals surface area contributed by atoms with Crippen molar-refractivity contribution >= 4 is 11.9 Å². The zero-order valence-electron chi connectivity index (χ0n) is 12.5. The molecule has 0 radical (unpaired) electrons. The molecule has 1 saturated heterocycles. The van der Waals surface area contributed by atoms with Crippen LogP contribution in [-0.2, 0) is 30.4 Å². The van der Waals surface area contributed by atoms with Crippen LogP contribution in [0.3, 0.4) is 0 Å². The van der Waals surface area contributed by atoms with Gasteiger partial charge in [0.15, 0.2) is 6.10 Å². The lowest BCUT2D eigenvalue weighted by atomic mass is 9.98. The summed E-state index contributed by atoms with van der Waals surface area (Å²) in [5.74, 6) is -1.66. The molecule has 5 atom stereocenters. The number of esters is 1. The number of primary amides is 1. The number of aliphatic hydroxyl groups excluding tert-OH is 2. The molecule has 2 rings (SSSR count). The van der Waals surface area contributed by atoms with E-state index in [4.69, 9.17) is 19.9 Å². The molecular formula is C15H19NO7. The Morgan fingerprint density at radius 2 is 1.87 bits per heavy atom. The highest BCUT2D eigenvalue weighted by atomic mass is 16.7. The van der Waals surface area contributed by atoms with Gasteiger partial charge in [-0.25, -0.2) is 0 Å². The van der Waals surface area contributed by atoms with Gasteiger partial charge in [0.05, 0.1) is 6.61 Å². The summed E-state index contributed by atoms with van der Waals surface area (Å²) in [6.07, 6.45) is -7.06. The molecule has 4 N–H and O–H groups in total. The number of benzene rings is 1. The molecular weight excluding hydrogens is 306 g/mol. The number of hydrogen-bond acceptors (Lipinski definition) is 7. The molecule has 0 bridgehead atoms. The molecule has 8 heteroatoms. The summed E-state index contributed by atoms with van der Waals surface area (Å²) >= 11 is 0. The number of rotatable bonds is 5. The van der Waals surface area contributed by atoms with Crippen LogP contribution in [0.25, 0.3) is 0 Å².